The lowest BCUT2D eigenvalue weighted by atomic mass is 9.99. The Morgan fingerprint density at radius 2 is 1.73 bits per heavy atom. The molecule has 0 amide bonds. The second-order valence-electron chi connectivity index (χ2n) is 3.95. The Kier molecular flexibility index (Phi) is 6.95. The quantitative estimate of drug-likeness (QED) is 0.627. The SMILES string of the molecule is CCSC1CCCC(SCC)(SCC)C1. The fourth-order valence-electron chi connectivity index (χ4n) is 2.36. The van der Waals surface area contributed by atoms with Crippen LogP contribution in [0.5, 0.6) is 0 Å². The molecule has 0 N–H and O–H groups in total. The molecule has 0 nitrogen and oxygen atoms in total. The molecule has 1 atom stereocenters. The van der Waals surface area contributed by atoms with Crippen molar-refractivity contribution in [3.8, 4) is 0 Å². The third-order valence-corrected chi connectivity index (χ3v) is 7.12. The standard InChI is InChI=1S/C12H24S3/c1-4-13-11-8-7-9-12(10-11,14-5-2)15-6-3/h11H,4-10H2,1-3H3. The Morgan fingerprint density at radius 1 is 1.07 bits per heavy atom. The van der Waals surface area contributed by atoms with Crippen LogP contribution in [-0.2, 0) is 0 Å². The molecule has 1 aliphatic rings. The molecule has 0 aromatic carbocycles. The van der Waals surface area contributed by atoms with Crippen LogP contribution in [0.2, 0.25) is 0 Å². The fourth-order valence-corrected chi connectivity index (χ4v) is 7.08. The Hall–Kier alpha value is 1.05. The maximum absolute atomic E-state index is 2.30. The summed E-state index contributed by atoms with van der Waals surface area (Å²) in [5, 5.41) is 0.932. The predicted molar refractivity (Wildman–Crippen MR) is 79.4 cm³/mol. The summed E-state index contributed by atoms with van der Waals surface area (Å²) >= 11 is 6.59. The molecule has 0 aromatic rings. The largest absolute Gasteiger partial charge is 0.159 e. The van der Waals surface area contributed by atoms with Crippen LogP contribution in [0.1, 0.15) is 46.5 Å². The minimum absolute atomic E-state index is 0.564. The zero-order valence-electron chi connectivity index (χ0n) is 10.3. The number of thioether (sulfide) groups is 3. The lowest BCUT2D eigenvalue weighted by Gasteiger charge is -2.39. The maximum atomic E-state index is 2.30. The predicted octanol–water partition coefficient (Wildman–Crippen LogP) is 4.88. The van der Waals surface area contributed by atoms with Crippen LogP contribution in [0.4, 0.5) is 0 Å². The molecule has 1 rings (SSSR count). The highest BCUT2D eigenvalue weighted by Crippen LogP contribution is 2.50. The lowest BCUT2D eigenvalue weighted by Crippen LogP contribution is -2.31. The number of hydrogen-bond donors (Lipinski definition) is 0. The topological polar surface area (TPSA) is 0 Å². The summed E-state index contributed by atoms with van der Waals surface area (Å²) in [6.45, 7) is 6.90. The van der Waals surface area contributed by atoms with E-state index in [-0.39, 0.29) is 0 Å². The van der Waals surface area contributed by atoms with E-state index in [2.05, 4.69) is 56.1 Å². The molecule has 1 fully saturated rings. The van der Waals surface area contributed by atoms with Crippen molar-refractivity contribution in [1.82, 2.24) is 0 Å². The van der Waals surface area contributed by atoms with Crippen molar-refractivity contribution in [3.63, 3.8) is 0 Å². The molecule has 0 heterocycles. The van der Waals surface area contributed by atoms with Gasteiger partial charge in [0, 0.05) is 5.25 Å². The molecular weight excluding hydrogens is 240 g/mol. The van der Waals surface area contributed by atoms with Crippen molar-refractivity contribution < 1.29 is 0 Å². The summed E-state index contributed by atoms with van der Waals surface area (Å²) in [4.78, 5) is 0. The molecule has 0 spiro atoms. The smallest absolute Gasteiger partial charge is 0.0621 e. The van der Waals surface area contributed by atoms with E-state index < -0.39 is 0 Å². The Balaban J connectivity index is 2.53. The van der Waals surface area contributed by atoms with Crippen LogP contribution in [0.25, 0.3) is 0 Å². The van der Waals surface area contributed by atoms with E-state index in [0.717, 1.165) is 5.25 Å². The van der Waals surface area contributed by atoms with E-state index in [1.165, 1.54) is 42.9 Å². The van der Waals surface area contributed by atoms with Crippen molar-refractivity contribution in [2.75, 3.05) is 17.3 Å². The Bertz CT molecular complexity index is 157. The third-order valence-electron chi connectivity index (χ3n) is 2.84. The summed E-state index contributed by atoms with van der Waals surface area (Å²) in [7, 11) is 0. The minimum Gasteiger partial charge on any atom is -0.159 e. The van der Waals surface area contributed by atoms with E-state index >= 15 is 0 Å². The van der Waals surface area contributed by atoms with Gasteiger partial charge in [0.05, 0.1) is 4.08 Å². The molecule has 3 heteroatoms. The highest BCUT2D eigenvalue weighted by molar-refractivity contribution is 8.18. The summed E-state index contributed by atoms with van der Waals surface area (Å²) in [6.07, 6.45) is 5.76. The van der Waals surface area contributed by atoms with Gasteiger partial charge in [-0.25, -0.2) is 0 Å². The number of hydrogen-bond acceptors (Lipinski definition) is 3. The normalized spacial score (nSPS) is 25.4. The first-order valence-corrected chi connectivity index (χ1v) is 9.17. The van der Waals surface area contributed by atoms with Gasteiger partial charge in [-0.15, -0.1) is 23.5 Å². The molecule has 15 heavy (non-hydrogen) atoms. The van der Waals surface area contributed by atoms with Gasteiger partial charge in [0.25, 0.3) is 0 Å². The van der Waals surface area contributed by atoms with Gasteiger partial charge < -0.3 is 0 Å². The van der Waals surface area contributed by atoms with Crippen molar-refractivity contribution >= 4 is 35.3 Å². The van der Waals surface area contributed by atoms with Crippen molar-refractivity contribution in [1.29, 1.82) is 0 Å². The summed E-state index contributed by atoms with van der Waals surface area (Å²) in [6, 6.07) is 0. The van der Waals surface area contributed by atoms with E-state index in [0.29, 0.717) is 4.08 Å². The van der Waals surface area contributed by atoms with Crippen LogP contribution < -0.4 is 0 Å². The van der Waals surface area contributed by atoms with Gasteiger partial charge in [-0.3, -0.25) is 0 Å². The minimum atomic E-state index is 0.564. The fraction of sp³-hybridized carbons (Fsp3) is 1.00. The highest BCUT2D eigenvalue weighted by atomic mass is 32.2. The summed E-state index contributed by atoms with van der Waals surface area (Å²) in [5.74, 6) is 3.83. The molecule has 1 saturated carbocycles. The van der Waals surface area contributed by atoms with Crippen LogP contribution in [0.3, 0.4) is 0 Å². The molecule has 0 bridgehead atoms. The number of rotatable bonds is 6. The van der Waals surface area contributed by atoms with E-state index in [1.807, 2.05) is 0 Å². The molecule has 0 saturated heterocycles. The summed E-state index contributed by atoms with van der Waals surface area (Å²) < 4.78 is 0.564. The molecule has 0 aliphatic heterocycles. The first kappa shape index (κ1) is 14.1. The van der Waals surface area contributed by atoms with Gasteiger partial charge in [0.2, 0.25) is 0 Å². The first-order chi connectivity index (χ1) is 7.26. The van der Waals surface area contributed by atoms with Crippen molar-refractivity contribution in [2.24, 2.45) is 0 Å². The zero-order valence-corrected chi connectivity index (χ0v) is 12.7. The highest BCUT2D eigenvalue weighted by Gasteiger charge is 2.36. The second-order valence-corrected chi connectivity index (χ2v) is 9.08. The van der Waals surface area contributed by atoms with E-state index in [9.17, 15) is 0 Å². The van der Waals surface area contributed by atoms with Gasteiger partial charge in [0.1, 0.15) is 0 Å². The van der Waals surface area contributed by atoms with Crippen LogP contribution in [-0.4, -0.2) is 26.6 Å². The molecule has 0 radical (unpaired) electrons. The zero-order chi connectivity index (χ0) is 11.1. The Labute approximate surface area is 108 Å². The van der Waals surface area contributed by atoms with E-state index in [1.54, 1.807) is 0 Å². The van der Waals surface area contributed by atoms with Crippen LogP contribution in [0, 0.1) is 0 Å². The first-order valence-electron chi connectivity index (χ1n) is 6.15. The molecule has 90 valence electrons. The monoisotopic (exact) mass is 264 g/mol. The van der Waals surface area contributed by atoms with Gasteiger partial charge >= 0.3 is 0 Å². The Morgan fingerprint density at radius 3 is 2.27 bits per heavy atom. The van der Waals surface area contributed by atoms with E-state index in [4.69, 9.17) is 0 Å². The van der Waals surface area contributed by atoms with Crippen LogP contribution in [0.15, 0.2) is 0 Å². The van der Waals surface area contributed by atoms with Gasteiger partial charge in [-0.05, 0) is 36.5 Å². The molecule has 0 aromatic heterocycles. The van der Waals surface area contributed by atoms with Crippen molar-refractivity contribution in [2.45, 2.75) is 55.8 Å². The second kappa shape index (κ2) is 7.39. The maximum Gasteiger partial charge on any atom is 0.0621 e. The van der Waals surface area contributed by atoms with Gasteiger partial charge in [-0.1, -0.05) is 27.2 Å². The average molecular weight is 265 g/mol. The molecular formula is C12H24S3. The van der Waals surface area contributed by atoms with Crippen LogP contribution >= 0.6 is 35.3 Å². The van der Waals surface area contributed by atoms with Gasteiger partial charge in [-0.2, -0.15) is 11.8 Å². The summed E-state index contributed by atoms with van der Waals surface area (Å²) in [5.41, 5.74) is 0. The average Bonchev–Trinajstić information content (AvgIpc) is 2.19. The van der Waals surface area contributed by atoms with Gasteiger partial charge in [0.15, 0.2) is 0 Å². The lowest BCUT2D eigenvalue weighted by molar-refractivity contribution is 0.502. The molecule has 1 unspecified atom stereocenters. The molecule has 1 aliphatic carbocycles. The van der Waals surface area contributed by atoms with Crippen molar-refractivity contribution in [3.05, 3.63) is 0 Å². The third kappa shape index (κ3) is 4.43.